The molecule has 16 atom stereocenters. The van der Waals surface area contributed by atoms with Gasteiger partial charge in [-0.2, -0.15) is 65.9 Å². The molecular weight excluding hydrogens is 2000 g/mol. The van der Waals surface area contributed by atoms with Crippen molar-refractivity contribution in [3.8, 4) is 0 Å². The topological polar surface area (TPSA) is 364 Å². The van der Waals surface area contributed by atoms with Crippen LogP contribution in [0, 0.1) is 56.7 Å². The second-order valence-electron chi connectivity index (χ2n) is 47.4. The molecule has 10 rings (SSSR count). The summed E-state index contributed by atoms with van der Waals surface area (Å²) in [6, 6.07) is 0. The van der Waals surface area contributed by atoms with E-state index in [1.54, 1.807) is 83.1 Å². The van der Waals surface area contributed by atoms with Crippen molar-refractivity contribution in [2.75, 3.05) is 66.1 Å². The van der Waals surface area contributed by atoms with Crippen molar-refractivity contribution in [3.05, 3.63) is 36.5 Å². The van der Waals surface area contributed by atoms with Crippen LogP contribution in [0.3, 0.4) is 0 Å². The van der Waals surface area contributed by atoms with Crippen LogP contribution in [0.25, 0.3) is 0 Å². The van der Waals surface area contributed by atoms with Crippen molar-refractivity contribution in [2.45, 2.75) is 486 Å². The van der Waals surface area contributed by atoms with Gasteiger partial charge >= 0.3 is 66.7 Å². The fourth-order valence-electron chi connectivity index (χ4n) is 28.3. The molecule has 0 amide bonds. The Bertz CT molecular complexity index is 4470. The Kier molecular flexibility index (Phi) is 41.6. The summed E-state index contributed by atoms with van der Waals surface area (Å²) in [5, 5.41) is 73.9. The molecule has 0 radical (unpaired) electrons. The Morgan fingerprint density at radius 1 is 0.295 bits per heavy atom. The number of alkyl halides is 15. The van der Waals surface area contributed by atoms with E-state index in [0.717, 1.165) is 13.3 Å². The molecule has 10 fully saturated rings. The smallest absolute Gasteiger partial charge is 0.419 e. The van der Waals surface area contributed by atoms with Gasteiger partial charge in [0, 0.05) is 55.6 Å². The van der Waals surface area contributed by atoms with Crippen molar-refractivity contribution in [2.24, 2.45) is 56.7 Å². The first kappa shape index (κ1) is 132. The van der Waals surface area contributed by atoms with Gasteiger partial charge in [-0.15, -0.1) is 0 Å². The molecule has 0 spiro atoms. The van der Waals surface area contributed by atoms with E-state index in [4.69, 9.17) is 61.6 Å². The van der Waals surface area contributed by atoms with Crippen molar-refractivity contribution < 1.29 is 192 Å². The molecule has 0 aliphatic heterocycles. The Hall–Kier alpha value is -5.57. The molecule has 10 aliphatic rings. The van der Waals surface area contributed by atoms with Crippen LogP contribution in [0.4, 0.5) is 65.9 Å². The molecule has 10 aliphatic carbocycles. The van der Waals surface area contributed by atoms with Gasteiger partial charge in [-0.1, -0.05) is 117 Å². The standard InChI is InChI=1S/C43H70F6O10.C34H55F3O8.C31H48F6O8/c1-13-39(14-2,56-26-32(9,10)52)35-20-36(40(15-3,16-4)57-27-33(11,53)42(44,45)46)22-37(21-35,41(17-5,18-6)58-28-34(12,54)43(47,48)49)25-38(23-35,24-36)59-30(50)19-55-31(51)29(7)8;1-10-32(11-2,43-21-27(7,8)40)29-14-24-15-30(18-29,33(12-3,13-4)44-22-28(9,41)34(35,36)37)20-31(16-24,19-29)45-25(38)17-42-26(39)23(5)6;1-9-28(10-2,43-16-26(7,40)30(32,33)34)23-19-13-20(21(14-19)45-22(38)15-42-25(39)18(5)6)24(23)29(11-3,12-4)44-17-27(8,41)31(35,36)37/h52-54H,7,13-28H2,1-6,8-12H3;24,40-41H,5,10-22H2,1-4,6-9H3;19-21,23-24,40-41H,5,9-17H2,1-4,6-8H3. The van der Waals surface area contributed by atoms with Gasteiger partial charge in [0.2, 0.25) is 0 Å². The lowest BCUT2D eigenvalue weighted by Crippen LogP contribution is -2.78. The minimum absolute atomic E-state index is 0.0363. The quantitative estimate of drug-likeness (QED) is 0.0129. The van der Waals surface area contributed by atoms with Gasteiger partial charge in [0.25, 0.3) is 0 Å². The molecule has 0 aromatic carbocycles. The van der Waals surface area contributed by atoms with E-state index in [2.05, 4.69) is 19.7 Å². The predicted octanol–water partition coefficient (Wildman–Crippen LogP) is 21.5. The molecule has 0 aromatic heterocycles. The Morgan fingerprint density at radius 3 is 0.785 bits per heavy atom. The van der Waals surface area contributed by atoms with Crippen LogP contribution >= 0.6 is 0 Å². The summed E-state index contributed by atoms with van der Waals surface area (Å²) in [6.07, 6.45) is -16.7. The maximum absolute atomic E-state index is 14.2. The zero-order chi connectivity index (χ0) is 115. The molecule has 0 saturated heterocycles. The first-order valence-electron chi connectivity index (χ1n) is 52.7. The first-order valence-corrected chi connectivity index (χ1v) is 52.7. The monoisotopic (exact) mass is 2170 g/mol. The van der Waals surface area contributed by atoms with Crippen molar-refractivity contribution in [1.29, 1.82) is 0 Å². The van der Waals surface area contributed by atoms with Crippen LogP contribution in [0.1, 0.15) is 360 Å². The lowest BCUT2D eigenvalue weighted by Gasteiger charge is -2.78. The molecule has 866 valence electrons. The molecule has 16 unspecified atom stereocenters. The number of hydrogen-bond acceptors (Lipinski definition) is 26. The zero-order valence-electron chi connectivity index (χ0n) is 92.5. The van der Waals surface area contributed by atoms with Crippen molar-refractivity contribution in [3.63, 3.8) is 0 Å². The summed E-state index contributed by atoms with van der Waals surface area (Å²) in [5.74, 6) is -6.78. The Labute approximate surface area is 869 Å². The van der Waals surface area contributed by atoms with Crippen LogP contribution in [0.5, 0.6) is 0 Å². The van der Waals surface area contributed by atoms with Crippen molar-refractivity contribution in [1.82, 2.24) is 0 Å². The zero-order valence-corrected chi connectivity index (χ0v) is 92.5. The van der Waals surface area contributed by atoms with E-state index in [9.17, 15) is 130 Å². The molecular formula is C108H173F15O26. The summed E-state index contributed by atoms with van der Waals surface area (Å²) < 4.78 is 287. The van der Waals surface area contributed by atoms with E-state index in [1.807, 2.05) is 41.5 Å². The number of fused-ring (bicyclic) bond motifs is 2. The van der Waals surface area contributed by atoms with Gasteiger partial charge in [-0.3, -0.25) is 0 Å². The number of rotatable bonds is 54. The normalized spacial score (nSPS) is 28.3. The fourth-order valence-corrected chi connectivity index (χ4v) is 28.3. The molecule has 10 saturated carbocycles. The minimum Gasteiger partial charge on any atom is -0.460 e. The minimum atomic E-state index is -5.06. The number of halogens is 15. The molecule has 0 aromatic rings. The third-order valence-electron chi connectivity index (χ3n) is 35.7. The van der Waals surface area contributed by atoms with Crippen LogP contribution in [0.15, 0.2) is 36.5 Å². The van der Waals surface area contributed by atoms with Gasteiger partial charge in [0.15, 0.2) is 47.8 Å². The number of aliphatic hydroxyl groups is 7. The second kappa shape index (κ2) is 46.9. The van der Waals surface area contributed by atoms with E-state index in [0.29, 0.717) is 105 Å². The van der Waals surface area contributed by atoms with Gasteiger partial charge in [-0.05, 0) is 281 Å². The van der Waals surface area contributed by atoms with E-state index in [-0.39, 0.29) is 138 Å². The van der Waals surface area contributed by atoms with Gasteiger partial charge in [-0.25, -0.2) is 28.8 Å². The molecule has 41 heteroatoms. The maximum atomic E-state index is 14.2. The lowest BCUT2D eigenvalue weighted by atomic mass is 9.30. The maximum Gasteiger partial charge on any atom is 0.419 e. The number of esters is 6. The van der Waals surface area contributed by atoms with Gasteiger partial charge in [0.05, 0.1) is 96.7 Å². The van der Waals surface area contributed by atoms with Crippen LogP contribution in [-0.2, 0) is 90.3 Å². The molecule has 149 heavy (non-hydrogen) atoms. The van der Waals surface area contributed by atoms with Crippen LogP contribution < -0.4 is 0 Å². The first-order chi connectivity index (χ1) is 67.7. The Morgan fingerprint density at radius 2 is 0.530 bits per heavy atom. The molecule has 7 N–H and O–H groups in total. The molecule has 0 heterocycles. The molecule has 26 nitrogen and oxygen atoms in total. The fraction of sp³-hybridized carbons (Fsp3) is 0.889. The number of ether oxygens (including phenoxy) is 13. The third kappa shape index (κ3) is 27.2. The van der Waals surface area contributed by atoms with Gasteiger partial charge in [0.1, 0.15) is 17.3 Å². The SMILES string of the molecule is C=C(C)C(=O)OCC(=O)OC12CC3(C(CC)(CC)OCC(C)(C)O)CC(C(CC)(CC)OCC(C)(O)C(F)(F)F)(C1)CC(C(CC)(CC)OCC(C)(O)C(F)(F)F)(C2)C3.C=C(C)C(=O)OCC(=O)OC12CC3CC(C(CC)(CC)OCC(C)(C)O)(C1)CC(C(CC)(CC)OCC(C)(O)C(F)(F)F)(C3)C2.C=C(C)C(=O)OCC(=O)OC1CC2CC1C(C(CC)(CC)OCC(C)(O)C(F)(F)F)C2C(CC)(CC)OCC(C)(O)C(F)(F)F. The number of hydrogen-bond donors (Lipinski definition) is 7. The number of carbonyl (C=O) groups excluding carboxylic acids is 6. The lowest BCUT2D eigenvalue weighted by molar-refractivity contribution is -0.369. The number of carbonyl (C=O) groups is 6. The van der Waals surface area contributed by atoms with Crippen LogP contribution in [-0.4, -0.2) is 264 Å². The highest BCUT2D eigenvalue weighted by atomic mass is 19.4. The van der Waals surface area contributed by atoms with E-state index in [1.165, 1.54) is 20.8 Å². The predicted molar refractivity (Wildman–Crippen MR) is 520 cm³/mol. The Balaban J connectivity index is 0.000000346. The average Bonchev–Trinajstić information content (AvgIpc) is 1.34. The summed E-state index contributed by atoms with van der Waals surface area (Å²) in [4.78, 5) is 76.1. The highest BCUT2D eigenvalue weighted by Crippen LogP contribution is 2.82. The molecule has 10 bridgehead atoms. The summed E-state index contributed by atoms with van der Waals surface area (Å²) in [7, 11) is 0. The third-order valence-corrected chi connectivity index (χ3v) is 35.7. The summed E-state index contributed by atoms with van der Waals surface area (Å²) in [6.45, 7) is 42.7. The highest BCUT2D eigenvalue weighted by Gasteiger charge is 2.82. The van der Waals surface area contributed by atoms with E-state index >= 15 is 0 Å². The van der Waals surface area contributed by atoms with Gasteiger partial charge < -0.3 is 97.3 Å². The summed E-state index contributed by atoms with van der Waals surface area (Å²) in [5.41, 5.74) is -33.6. The second-order valence-corrected chi connectivity index (χ2v) is 47.4. The highest BCUT2D eigenvalue weighted by molar-refractivity contribution is 5.90. The average molecular weight is 2170 g/mol. The summed E-state index contributed by atoms with van der Waals surface area (Å²) >= 11 is 0. The largest absolute Gasteiger partial charge is 0.460 e. The van der Waals surface area contributed by atoms with E-state index < -0.39 is 260 Å². The van der Waals surface area contributed by atoms with Crippen molar-refractivity contribution >= 4 is 35.8 Å². The van der Waals surface area contributed by atoms with Crippen LogP contribution in [0.2, 0.25) is 0 Å².